The van der Waals surface area contributed by atoms with Crippen LogP contribution in [0.15, 0.2) is 47.4 Å². The Labute approximate surface area is 173 Å². The number of hydrogen-bond acceptors (Lipinski definition) is 4. The average molecular weight is 416 g/mol. The fourth-order valence-electron chi connectivity index (χ4n) is 3.75. The zero-order valence-corrected chi connectivity index (χ0v) is 18.3. The lowest BCUT2D eigenvalue weighted by molar-refractivity contribution is -0.121. The highest BCUT2D eigenvalue weighted by Gasteiger charge is 2.30. The number of carbonyl (C=O) groups is 1. The van der Waals surface area contributed by atoms with E-state index in [9.17, 15) is 13.2 Å². The van der Waals surface area contributed by atoms with Gasteiger partial charge in [-0.1, -0.05) is 32.9 Å². The maximum atomic E-state index is 13.1. The van der Waals surface area contributed by atoms with Crippen LogP contribution in [0, 0.1) is 5.92 Å². The summed E-state index contributed by atoms with van der Waals surface area (Å²) in [6, 6.07) is 12.5. The maximum Gasteiger partial charge on any atom is 0.230 e. The molecule has 29 heavy (non-hydrogen) atoms. The normalized spacial score (nSPS) is 15.1. The third-order valence-corrected chi connectivity index (χ3v) is 7.39. The van der Waals surface area contributed by atoms with E-state index < -0.39 is 15.8 Å². The summed E-state index contributed by atoms with van der Waals surface area (Å²) in [7, 11) is -2.03. The molecular formula is C23H29NO4S. The van der Waals surface area contributed by atoms with Crippen molar-refractivity contribution in [2.24, 2.45) is 5.92 Å². The number of carbonyl (C=O) groups excluding carboxylic acids is 1. The molecule has 0 saturated heterocycles. The monoisotopic (exact) mass is 415 g/mol. The number of anilines is 1. The highest BCUT2D eigenvalue weighted by molar-refractivity contribution is 7.91. The number of fused-ring (bicyclic) bond motifs is 1. The standard InChI is InChI=1S/C23H29NO4S/c1-16(2)18-7-12-22-19(14-18)6-5-13-24(22)23(25)17(3)15-29(26,27)21-10-8-20(28-4)9-11-21/h7-12,14,16-17H,5-6,13,15H2,1-4H3. The molecule has 0 aliphatic carbocycles. The summed E-state index contributed by atoms with van der Waals surface area (Å²) in [5, 5.41) is 0. The fourth-order valence-corrected chi connectivity index (χ4v) is 5.29. The van der Waals surface area contributed by atoms with E-state index in [4.69, 9.17) is 4.74 Å². The molecule has 0 radical (unpaired) electrons. The number of rotatable bonds is 6. The van der Waals surface area contributed by atoms with Crippen LogP contribution >= 0.6 is 0 Å². The number of amides is 1. The number of benzene rings is 2. The molecule has 1 aliphatic heterocycles. The Hall–Kier alpha value is -2.34. The van der Waals surface area contributed by atoms with Gasteiger partial charge in [0.1, 0.15) is 5.75 Å². The Kier molecular flexibility index (Phi) is 6.32. The van der Waals surface area contributed by atoms with Crippen molar-refractivity contribution in [1.29, 1.82) is 0 Å². The smallest absolute Gasteiger partial charge is 0.230 e. The lowest BCUT2D eigenvalue weighted by Gasteiger charge is -2.32. The van der Waals surface area contributed by atoms with Gasteiger partial charge in [-0.05, 0) is 60.2 Å². The van der Waals surface area contributed by atoms with Crippen molar-refractivity contribution in [3.63, 3.8) is 0 Å². The summed E-state index contributed by atoms with van der Waals surface area (Å²) in [5.41, 5.74) is 3.34. The molecule has 1 amide bonds. The van der Waals surface area contributed by atoms with Crippen LogP contribution in [0.1, 0.15) is 44.2 Å². The Bertz CT molecular complexity index is 980. The van der Waals surface area contributed by atoms with Crippen LogP contribution in [0.2, 0.25) is 0 Å². The molecule has 0 aromatic heterocycles. The summed E-state index contributed by atoms with van der Waals surface area (Å²) in [4.78, 5) is 15.1. The highest BCUT2D eigenvalue weighted by Crippen LogP contribution is 2.31. The predicted molar refractivity (Wildman–Crippen MR) is 115 cm³/mol. The second kappa shape index (κ2) is 8.57. The van der Waals surface area contributed by atoms with E-state index in [-0.39, 0.29) is 16.6 Å². The van der Waals surface area contributed by atoms with E-state index in [1.807, 2.05) is 6.07 Å². The molecule has 1 atom stereocenters. The molecule has 0 spiro atoms. The first-order chi connectivity index (χ1) is 13.7. The molecule has 0 saturated carbocycles. The Morgan fingerprint density at radius 2 is 1.79 bits per heavy atom. The number of hydrogen-bond donors (Lipinski definition) is 0. The van der Waals surface area contributed by atoms with Gasteiger partial charge in [0.2, 0.25) is 5.91 Å². The number of nitrogens with zero attached hydrogens (tertiary/aromatic N) is 1. The molecule has 2 aromatic carbocycles. The second-order valence-electron chi connectivity index (χ2n) is 7.99. The van der Waals surface area contributed by atoms with Gasteiger partial charge in [-0.25, -0.2) is 8.42 Å². The molecule has 0 bridgehead atoms. The predicted octanol–water partition coefficient (Wildman–Crippen LogP) is 4.21. The molecule has 0 fully saturated rings. The summed E-state index contributed by atoms with van der Waals surface area (Å²) in [6.45, 7) is 6.62. The van der Waals surface area contributed by atoms with Gasteiger partial charge in [0.05, 0.1) is 17.8 Å². The van der Waals surface area contributed by atoms with Crippen molar-refractivity contribution >= 4 is 21.4 Å². The molecule has 3 rings (SSSR count). The van der Waals surface area contributed by atoms with E-state index in [1.165, 1.54) is 30.4 Å². The zero-order chi connectivity index (χ0) is 21.2. The zero-order valence-electron chi connectivity index (χ0n) is 17.5. The lowest BCUT2D eigenvalue weighted by atomic mass is 9.94. The van der Waals surface area contributed by atoms with Gasteiger partial charge in [0.25, 0.3) is 0 Å². The number of sulfone groups is 1. The molecule has 1 heterocycles. The van der Waals surface area contributed by atoms with Gasteiger partial charge in [-0.3, -0.25) is 4.79 Å². The van der Waals surface area contributed by atoms with Crippen molar-refractivity contribution in [2.75, 3.05) is 24.3 Å². The minimum Gasteiger partial charge on any atom is -0.497 e. The summed E-state index contributed by atoms with van der Waals surface area (Å²) in [5.74, 6) is 0.0468. The second-order valence-corrected chi connectivity index (χ2v) is 10.0. The number of ether oxygens (including phenoxy) is 1. The highest BCUT2D eigenvalue weighted by atomic mass is 32.2. The van der Waals surface area contributed by atoms with Gasteiger partial charge in [0.15, 0.2) is 9.84 Å². The molecule has 2 aromatic rings. The topological polar surface area (TPSA) is 63.7 Å². The Morgan fingerprint density at radius 1 is 1.10 bits per heavy atom. The largest absolute Gasteiger partial charge is 0.497 e. The first-order valence-electron chi connectivity index (χ1n) is 10.0. The summed E-state index contributed by atoms with van der Waals surface area (Å²) < 4.78 is 30.6. The van der Waals surface area contributed by atoms with Crippen LogP contribution in [-0.2, 0) is 21.1 Å². The number of aryl methyl sites for hydroxylation is 1. The maximum absolute atomic E-state index is 13.1. The van der Waals surface area contributed by atoms with E-state index >= 15 is 0 Å². The van der Waals surface area contributed by atoms with Gasteiger partial charge < -0.3 is 9.64 Å². The molecule has 1 unspecified atom stereocenters. The first-order valence-corrected chi connectivity index (χ1v) is 11.7. The van der Waals surface area contributed by atoms with Crippen molar-refractivity contribution < 1.29 is 17.9 Å². The molecule has 5 nitrogen and oxygen atoms in total. The van der Waals surface area contributed by atoms with Crippen LogP contribution in [0.4, 0.5) is 5.69 Å². The van der Waals surface area contributed by atoms with Gasteiger partial charge >= 0.3 is 0 Å². The molecule has 156 valence electrons. The quantitative estimate of drug-likeness (QED) is 0.709. The Balaban J connectivity index is 1.78. The molecule has 1 aliphatic rings. The van der Waals surface area contributed by atoms with Crippen molar-refractivity contribution in [1.82, 2.24) is 0 Å². The van der Waals surface area contributed by atoms with Crippen LogP contribution in [0.3, 0.4) is 0 Å². The summed E-state index contributed by atoms with van der Waals surface area (Å²) in [6.07, 6.45) is 1.83. The Morgan fingerprint density at radius 3 is 2.41 bits per heavy atom. The number of methoxy groups -OCH3 is 1. The van der Waals surface area contributed by atoms with E-state index in [0.717, 1.165) is 18.5 Å². The van der Waals surface area contributed by atoms with Crippen LogP contribution in [0.25, 0.3) is 0 Å². The first kappa shape index (κ1) is 21.4. The van der Waals surface area contributed by atoms with Crippen LogP contribution in [-0.4, -0.2) is 33.7 Å². The van der Waals surface area contributed by atoms with Gasteiger partial charge in [-0.2, -0.15) is 0 Å². The minimum absolute atomic E-state index is 0.139. The van der Waals surface area contributed by atoms with Crippen molar-refractivity contribution in [3.05, 3.63) is 53.6 Å². The van der Waals surface area contributed by atoms with Crippen molar-refractivity contribution in [2.45, 2.75) is 44.4 Å². The van der Waals surface area contributed by atoms with E-state index in [2.05, 4.69) is 26.0 Å². The summed E-state index contributed by atoms with van der Waals surface area (Å²) >= 11 is 0. The lowest BCUT2D eigenvalue weighted by Crippen LogP contribution is -2.40. The van der Waals surface area contributed by atoms with Crippen LogP contribution in [0.5, 0.6) is 5.75 Å². The van der Waals surface area contributed by atoms with E-state index in [0.29, 0.717) is 18.2 Å². The van der Waals surface area contributed by atoms with Gasteiger partial charge in [0, 0.05) is 18.2 Å². The SMILES string of the molecule is COc1ccc(S(=O)(=O)CC(C)C(=O)N2CCCc3cc(C(C)C)ccc32)cc1. The van der Waals surface area contributed by atoms with Gasteiger partial charge in [-0.15, -0.1) is 0 Å². The van der Waals surface area contributed by atoms with Crippen molar-refractivity contribution in [3.8, 4) is 5.75 Å². The molecule has 0 N–H and O–H groups in total. The third-order valence-electron chi connectivity index (χ3n) is 5.46. The minimum atomic E-state index is -3.57. The fraction of sp³-hybridized carbons (Fsp3) is 0.435. The van der Waals surface area contributed by atoms with Crippen LogP contribution < -0.4 is 9.64 Å². The van der Waals surface area contributed by atoms with E-state index in [1.54, 1.807) is 24.0 Å². The average Bonchev–Trinajstić information content (AvgIpc) is 2.72. The molecular weight excluding hydrogens is 386 g/mol. The molecule has 6 heteroatoms. The third kappa shape index (κ3) is 4.64.